The molecule has 3 heteroatoms. The first-order valence-corrected chi connectivity index (χ1v) is 9.64. The first kappa shape index (κ1) is 14.0. The Balaban J connectivity index is 1.81. The van der Waals surface area contributed by atoms with Crippen LogP contribution in [0.25, 0.3) is 20.9 Å². The van der Waals surface area contributed by atoms with Crippen molar-refractivity contribution in [2.45, 2.75) is 19.3 Å². The molecule has 22 heavy (non-hydrogen) atoms. The fourth-order valence-corrected chi connectivity index (χ4v) is 4.65. The standard InChI is InChI=1S/C19H19NS2/c1-2-10-20(11-3-1)17-14-15(18-6-4-12-21-18)8-9-16(17)19-7-5-13-22-19/h4-9,12-14H,1-3,10-11H2. The van der Waals surface area contributed by atoms with E-state index in [1.165, 1.54) is 58.9 Å². The molecule has 1 fully saturated rings. The molecule has 0 aliphatic carbocycles. The number of anilines is 1. The summed E-state index contributed by atoms with van der Waals surface area (Å²) in [4.78, 5) is 5.31. The minimum Gasteiger partial charge on any atom is -0.371 e. The third-order valence-corrected chi connectivity index (χ3v) is 6.11. The summed E-state index contributed by atoms with van der Waals surface area (Å²) in [5, 5.41) is 4.32. The SMILES string of the molecule is c1csc(-c2ccc(-c3cccs3)c(N3CCCCC3)c2)c1. The van der Waals surface area contributed by atoms with Gasteiger partial charge in [-0.05, 0) is 53.8 Å². The van der Waals surface area contributed by atoms with Crippen LogP contribution in [0.5, 0.6) is 0 Å². The molecule has 3 aromatic rings. The summed E-state index contributed by atoms with van der Waals surface area (Å²) in [7, 11) is 0. The normalized spacial score (nSPS) is 15.2. The van der Waals surface area contributed by atoms with Crippen LogP contribution in [0.2, 0.25) is 0 Å². The smallest absolute Gasteiger partial charge is 0.0460 e. The van der Waals surface area contributed by atoms with Crippen molar-refractivity contribution < 1.29 is 0 Å². The van der Waals surface area contributed by atoms with Crippen molar-refractivity contribution in [3.63, 3.8) is 0 Å². The molecule has 0 bridgehead atoms. The van der Waals surface area contributed by atoms with Crippen molar-refractivity contribution in [2.24, 2.45) is 0 Å². The van der Waals surface area contributed by atoms with E-state index in [4.69, 9.17) is 0 Å². The van der Waals surface area contributed by atoms with Gasteiger partial charge in [-0.1, -0.05) is 24.3 Å². The second-order valence-corrected chi connectivity index (χ2v) is 7.63. The topological polar surface area (TPSA) is 3.24 Å². The summed E-state index contributed by atoms with van der Waals surface area (Å²) in [6.45, 7) is 2.37. The molecule has 1 aliphatic heterocycles. The molecule has 1 nitrogen and oxygen atoms in total. The maximum absolute atomic E-state index is 2.58. The van der Waals surface area contributed by atoms with Gasteiger partial charge >= 0.3 is 0 Å². The van der Waals surface area contributed by atoms with Crippen LogP contribution >= 0.6 is 22.7 Å². The van der Waals surface area contributed by atoms with E-state index in [1.54, 1.807) is 0 Å². The quantitative estimate of drug-likeness (QED) is 0.559. The largest absolute Gasteiger partial charge is 0.371 e. The molecule has 0 radical (unpaired) electrons. The van der Waals surface area contributed by atoms with E-state index in [0.29, 0.717) is 0 Å². The van der Waals surface area contributed by atoms with E-state index in [0.717, 1.165) is 0 Å². The Bertz CT molecular complexity index is 723. The average Bonchev–Trinajstić information content (AvgIpc) is 3.29. The highest BCUT2D eigenvalue weighted by atomic mass is 32.1. The molecule has 112 valence electrons. The third-order valence-electron chi connectivity index (χ3n) is 4.29. The summed E-state index contributed by atoms with van der Waals surface area (Å²) in [5.74, 6) is 0. The molecular formula is C19H19NS2. The van der Waals surface area contributed by atoms with Crippen molar-refractivity contribution in [1.82, 2.24) is 0 Å². The van der Waals surface area contributed by atoms with Gasteiger partial charge in [0.1, 0.15) is 0 Å². The Labute approximate surface area is 139 Å². The summed E-state index contributed by atoms with van der Waals surface area (Å²) in [6.07, 6.45) is 4.00. The monoisotopic (exact) mass is 325 g/mol. The molecule has 0 saturated carbocycles. The molecule has 0 N–H and O–H groups in total. The second-order valence-electron chi connectivity index (χ2n) is 5.73. The predicted molar refractivity (Wildman–Crippen MR) is 99.1 cm³/mol. The zero-order valence-electron chi connectivity index (χ0n) is 12.5. The number of rotatable bonds is 3. The molecule has 3 heterocycles. The molecule has 0 unspecified atom stereocenters. The maximum atomic E-state index is 2.58. The maximum Gasteiger partial charge on any atom is 0.0460 e. The van der Waals surface area contributed by atoms with Gasteiger partial charge in [0, 0.05) is 34.1 Å². The van der Waals surface area contributed by atoms with Gasteiger partial charge in [0.15, 0.2) is 0 Å². The lowest BCUT2D eigenvalue weighted by atomic mass is 10.0. The highest BCUT2D eigenvalue weighted by Crippen LogP contribution is 2.38. The van der Waals surface area contributed by atoms with Crippen molar-refractivity contribution in [2.75, 3.05) is 18.0 Å². The van der Waals surface area contributed by atoms with Crippen LogP contribution in [0.15, 0.2) is 53.2 Å². The Morgan fingerprint density at radius 3 is 2.18 bits per heavy atom. The van der Waals surface area contributed by atoms with Crippen LogP contribution in [0.1, 0.15) is 19.3 Å². The molecule has 0 amide bonds. The lowest BCUT2D eigenvalue weighted by Gasteiger charge is -2.31. The van der Waals surface area contributed by atoms with E-state index in [1.807, 2.05) is 22.7 Å². The minimum absolute atomic E-state index is 1.19. The highest BCUT2D eigenvalue weighted by molar-refractivity contribution is 7.14. The fourth-order valence-electron chi connectivity index (χ4n) is 3.16. The van der Waals surface area contributed by atoms with Crippen LogP contribution in [0.4, 0.5) is 5.69 Å². The first-order valence-electron chi connectivity index (χ1n) is 7.88. The van der Waals surface area contributed by atoms with Gasteiger partial charge in [-0.15, -0.1) is 22.7 Å². The number of benzene rings is 1. The van der Waals surface area contributed by atoms with Gasteiger partial charge in [0.25, 0.3) is 0 Å². The van der Waals surface area contributed by atoms with Gasteiger partial charge in [-0.25, -0.2) is 0 Å². The van der Waals surface area contributed by atoms with Gasteiger partial charge in [0.05, 0.1) is 0 Å². The summed E-state index contributed by atoms with van der Waals surface area (Å²) >= 11 is 3.65. The average molecular weight is 326 g/mol. The Morgan fingerprint density at radius 2 is 1.50 bits per heavy atom. The summed E-state index contributed by atoms with van der Waals surface area (Å²) in [6, 6.07) is 15.7. The Kier molecular flexibility index (Phi) is 4.00. The zero-order valence-corrected chi connectivity index (χ0v) is 14.1. The van der Waals surface area contributed by atoms with Crippen molar-refractivity contribution in [3.05, 3.63) is 53.2 Å². The number of hydrogen-bond donors (Lipinski definition) is 0. The van der Waals surface area contributed by atoms with Crippen LogP contribution < -0.4 is 4.90 Å². The fraction of sp³-hybridized carbons (Fsp3) is 0.263. The summed E-state index contributed by atoms with van der Waals surface area (Å²) in [5.41, 5.74) is 4.14. The van der Waals surface area contributed by atoms with Crippen molar-refractivity contribution >= 4 is 28.4 Å². The van der Waals surface area contributed by atoms with Crippen molar-refractivity contribution in [3.8, 4) is 20.9 Å². The molecular weight excluding hydrogens is 306 g/mol. The molecule has 1 aromatic carbocycles. The second kappa shape index (κ2) is 6.27. The van der Waals surface area contributed by atoms with Crippen LogP contribution in [-0.2, 0) is 0 Å². The van der Waals surface area contributed by atoms with Crippen LogP contribution in [0, 0.1) is 0 Å². The molecule has 0 atom stereocenters. The van der Waals surface area contributed by atoms with E-state index in [2.05, 4.69) is 58.1 Å². The molecule has 1 saturated heterocycles. The number of piperidine rings is 1. The van der Waals surface area contributed by atoms with E-state index < -0.39 is 0 Å². The minimum atomic E-state index is 1.19. The predicted octanol–water partition coefficient (Wildman–Crippen LogP) is 6.13. The first-order chi connectivity index (χ1) is 10.9. The van der Waals surface area contributed by atoms with E-state index >= 15 is 0 Å². The van der Waals surface area contributed by atoms with Crippen molar-refractivity contribution in [1.29, 1.82) is 0 Å². The molecule has 0 spiro atoms. The zero-order chi connectivity index (χ0) is 14.8. The lowest BCUT2D eigenvalue weighted by molar-refractivity contribution is 0.578. The molecule has 1 aliphatic rings. The Hall–Kier alpha value is -1.58. The Morgan fingerprint density at radius 1 is 0.773 bits per heavy atom. The van der Waals surface area contributed by atoms with Crippen LogP contribution in [0.3, 0.4) is 0 Å². The van der Waals surface area contributed by atoms with E-state index in [9.17, 15) is 0 Å². The number of hydrogen-bond acceptors (Lipinski definition) is 3. The van der Waals surface area contributed by atoms with E-state index in [-0.39, 0.29) is 0 Å². The van der Waals surface area contributed by atoms with Gasteiger partial charge in [0.2, 0.25) is 0 Å². The van der Waals surface area contributed by atoms with Gasteiger partial charge < -0.3 is 4.90 Å². The summed E-state index contributed by atoms with van der Waals surface area (Å²) < 4.78 is 0. The number of nitrogens with zero attached hydrogens (tertiary/aromatic N) is 1. The van der Waals surface area contributed by atoms with Crippen LogP contribution in [-0.4, -0.2) is 13.1 Å². The highest BCUT2D eigenvalue weighted by Gasteiger charge is 2.17. The lowest BCUT2D eigenvalue weighted by Crippen LogP contribution is -2.29. The van der Waals surface area contributed by atoms with Gasteiger partial charge in [-0.2, -0.15) is 0 Å². The molecule has 2 aromatic heterocycles. The molecule has 4 rings (SSSR count). The third kappa shape index (κ3) is 2.71. The number of thiophene rings is 2. The van der Waals surface area contributed by atoms with Gasteiger partial charge in [-0.3, -0.25) is 0 Å².